The summed E-state index contributed by atoms with van der Waals surface area (Å²) in [6.45, 7) is 0. The van der Waals surface area contributed by atoms with E-state index in [1.54, 1.807) is 18.2 Å². The molecule has 6 nitrogen and oxygen atoms in total. The molecule has 2 heterocycles. The number of aromatic nitrogens is 2. The Morgan fingerprint density at radius 2 is 2.04 bits per heavy atom. The van der Waals surface area contributed by atoms with Gasteiger partial charge in [0.25, 0.3) is 0 Å². The average Bonchev–Trinajstić information content (AvgIpc) is 3.11. The topological polar surface area (TPSA) is 87.2 Å². The molecule has 0 fully saturated rings. The number of amides is 1. The molecular weight excluding hydrogens is 342 g/mol. The molecule has 3 N–H and O–H groups in total. The zero-order valence-electron chi connectivity index (χ0n) is 14.8. The van der Waals surface area contributed by atoms with Crippen LogP contribution in [0.5, 0.6) is 11.5 Å². The monoisotopic (exact) mass is 361 g/mol. The van der Waals surface area contributed by atoms with E-state index in [2.05, 4.69) is 15.5 Å². The first kappa shape index (κ1) is 16.9. The number of rotatable bonds is 4. The molecule has 0 spiro atoms. The minimum absolute atomic E-state index is 0.0634. The van der Waals surface area contributed by atoms with E-state index in [0.717, 1.165) is 22.4 Å². The smallest absolute Gasteiger partial charge is 0.226 e. The van der Waals surface area contributed by atoms with E-state index in [1.807, 2.05) is 42.5 Å². The first-order chi connectivity index (χ1) is 13.2. The van der Waals surface area contributed by atoms with Gasteiger partial charge in [-0.15, -0.1) is 0 Å². The molecule has 0 aliphatic carbocycles. The molecule has 1 aliphatic heterocycles. The maximum atomic E-state index is 12.1. The van der Waals surface area contributed by atoms with Gasteiger partial charge in [-0.25, -0.2) is 0 Å². The number of ether oxygens (including phenoxy) is 1. The number of hydrogen-bond acceptors (Lipinski definition) is 4. The van der Waals surface area contributed by atoms with Crippen LogP contribution in [-0.4, -0.2) is 28.3 Å². The van der Waals surface area contributed by atoms with Crippen molar-refractivity contribution in [3.8, 4) is 22.8 Å². The van der Waals surface area contributed by atoms with Gasteiger partial charge in [0.2, 0.25) is 5.91 Å². The van der Waals surface area contributed by atoms with Crippen molar-refractivity contribution in [1.29, 1.82) is 0 Å². The lowest BCUT2D eigenvalue weighted by molar-refractivity contribution is -0.116. The molecule has 27 heavy (non-hydrogen) atoms. The van der Waals surface area contributed by atoms with E-state index < -0.39 is 0 Å². The highest BCUT2D eigenvalue weighted by atomic mass is 16.5. The molecule has 0 bridgehead atoms. The van der Waals surface area contributed by atoms with Gasteiger partial charge in [-0.2, -0.15) is 5.10 Å². The highest BCUT2D eigenvalue weighted by Gasteiger charge is 2.29. The summed E-state index contributed by atoms with van der Waals surface area (Å²) in [7, 11) is 1.51. The van der Waals surface area contributed by atoms with Gasteiger partial charge < -0.3 is 15.2 Å². The lowest BCUT2D eigenvalue weighted by atomic mass is 9.89. The van der Waals surface area contributed by atoms with E-state index in [9.17, 15) is 9.90 Å². The number of H-pyrrole nitrogens is 1. The number of phenolic OH excluding ortho intramolecular Hbond substituents is 1. The molecule has 6 heteroatoms. The van der Waals surface area contributed by atoms with Crippen LogP contribution >= 0.6 is 0 Å². The maximum Gasteiger partial charge on any atom is 0.226 e. The van der Waals surface area contributed by atoms with Crippen molar-refractivity contribution < 1.29 is 14.6 Å². The Bertz CT molecular complexity index is 1010. The minimum Gasteiger partial charge on any atom is -0.504 e. The quantitative estimate of drug-likeness (QED) is 0.657. The zero-order valence-corrected chi connectivity index (χ0v) is 14.8. The standard InChI is InChI=1S/C21H19N3O3/c1-27-17-11-13(8-10-16(17)25)7-9-15-12-18(26)22-21-19(15)20(23-24-21)14-5-3-2-4-6-14/h2-11,15,25H,12H2,1H3,(H2,22,23,24,26)/b9-7+/t15-/m0/s1. The van der Waals surface area contributed by atoms with Crippen molar-refractivity contribution in [2.24, 2.45) is 0 Å². The number of aromatic amines is 1. The molecule has 1 aromatic heterocycles. The summed E-state index contributed by atoms with van der Waals surface area (Å²) < 4.78 is 5.15. The fraction of sp³-hybridized carbons (Fsp3) is 0.143. The van der Waals surface area contributed by atoms with Crippen LogP contribution in [0.4, 0.5) is 5.82 Å². The summed E-state index contributed by atoms with van der Waals surface area (Å²) in [6.07, 6.45) is 4.26. The number of anilines is 1. The maximum absolute atomic E-state index is 12.1. The lowest BCUT2D eigenvalue weighted by Gasteiger charge is -2.20. The molecule has 1 aliphatic rings. The van der Waals surface area contributed by atoms with Gasteiger partial charge in [0.15, 0.2) is 17.3 Å². The third kappa shape index (κ3) is 3.29. The van der Waals surface area contributed by atoms with Crippen molar-refractivity contribution in [3.63, 3.8) is 0 Å². The molecule has 0 saturated carbocycles. The Morgan fingerprint density at radius 1 is 1.22 bits per heavy atom. The van der Waals surface area contributed by atoms with Crippen LogP contribution < -0.4 is 10.1 Å². The largest absolute Gasteiger partial charge is 0.504 e. The second kappa shape index (κ2) is 6.99. The normalized spacial score (nSPS) is 16.2. The van der Waals surface area contributed by atoms with Crippen LogP contribution in [0.3, 0.4) is 0 Å². The number of fused-ring (bicyclic) bond motifs is 1. The first-order valence-corrected chi connectivity index (χ1v) is 8.64. The summed E-state index contributed by atoms with van der Waals surface area (Å²) in [5.41, 5.74) is 3.78. The van der Waals surface area contributed by atoms with E-state index in [-0.39, 0.29) is 17.6 Å². The average molecular weight is 361 g/mol. The number of carbonyl (C=O) groups excluding carboxylic acids is 1. The van der Waals surface area contributed by atoms with E-state index in [0.29, 0.717) is 18.0 Å². The van der Waals surface area contributed by atoms with E-state index in [4.69, 9.17) is 4.74 Å². The molecule has 3 aromatic rings. The first-order valence-electron chi connectivity index (χ1n) is 8.64. The van der Waals surface area contributed by atoms with Crippen LogP contribution in [-0.2, 0) is 4.79 Å². The second-order valence-electron chi connectivity index (χ2n) is 6.38. The van der Waals surface area contributed by atoms with E-state index in [1.165, 1.54) is 7.11 Å². The summed E-state index contributed by atoms with van der Waals surface area (Å²) in [5.74, 6) is 0.903. The minimum atomic E-state index is -0.109. The van der Waals surface area contributed by atoms with Gasteiger partial charge >= 0.3 is 0 Å². The predicted octanol–water partition coefficient (Wildman–Crippen LogP) is 3.93. The van der Waals surface area contributed by atoms with Gasteiger partial charge in [0.1, 0.15) is 0 Å². The number of benzene rings is 2. The number of nitrogens with one attached hydrogen (secondary N) is 2. The third-order valence-corrected chi connectivity index (χ3v) is 4.63. The number of phenols is 1. The summed E-state index contributed by atoms with van der Waals surface area (Å²) in [6, 6.07) is 15.1. The molecule has 0 saturated heterocycles. The lowest BCUT2D eigenvalue weighted by Crippen LogP contribution is -2.21. The summed E-state index contributed by atoms with van der Waals surface area (Å²) in [5, 5.41) is 19.9. The number of methoxy groups -OCH3 is 1. The Labute approximate surface area is 156 Å². The van der Waals surface area contributed by atoms with Crippen molar-refractivity contribution in [2.45, 2.75) is 12.3 Å². The molecule has 2 aromatic carbocycles. The molecule has 1 amide bonds. The highest BCUT2D eigenvalue weighted by Crippen LogP contribution is 2.39. The van der Waals surface area contributed by atoms with Crippen LogP contribution in [0.2, 0.25) is 0 Å². The van der Waals surface area contributed by atoms with Crippen LogP contribution in [0.25, 0.3) is 17.3 Å². The number of aromatic hydroxyl groups is 1. The Hall–Kier alpha value is -3.54. The van der Waals surface area contributed by atoms with Gasteiger partial charge in [-0.1, -0.05) is 48.6 Å². The van der Waals surface area contributed by atoms with Crippen LogP contribution in [0, 0.1) is 0 Å². The van der Waals surface area contributed by atoms with Gasteiger partial charge in [-0.3, -0.25) is 9.89 Å². The van der Waals surface area contributed by atoms with Gasteiger partial charge in [-0.05, 0) is 23.3 Å². The van der Waals surface area contributed by atoms with E-state index >= 15 is 0 Å². The molecule has 4 rings (SSSR count). The second-order valence-corrected chi connectivity index (χ2v) is 6.38. The van der Waals surface area contributed by atoms with Crippen LogP contribution in [0.15, 0.2) is 54.6 Å². The number of nitrogens with zero attached hydrogens (tertiary/aromatic N) is 1. The molecule has 0 radical (unpaired) electrons. The van der Waals surface area contributed by atoms with Crippen molar-refractivity contribution >= 4 is 17.8 Å². The summed E-state index contributed by atoms with van der Waals surface area (Å²) >= 11 is 0. The fourth-order valence-electron chi connectivity index (χ4n) is 3.31. The zero-order chi connectivity index (χ0) is 18.8. The Morgan fingerprint density at radius 3 is 2.81 bits per heavy atom. The molecule has 136 valence electrons. The van der Waals surface area contributed by atoms with Crippen LogP contribution in [0.1, 0.15) is 23.5 Å². The molecule has 0 unspecified atom stereocenters. The summed E-state index contributed by atoms with van der Waals surface area (Å²) in [4.78, 5) is 12.1. The molecular formula is C21H19N3O3. The predicted molar refractivity (Wildman–Crippen MR) is 104 cm³/mol. The number of allylic oxidation sites excluding steroid dienone is 1. The van der Waals surface area contributed by atoms with Gasteiger partial charge in [0.05, 0.1) is 12.8 Å². The van der Waals surface area contributed by atoms with Gasteiger partial charge in [0, 0.05) is 17.9 Å². The van der Waals surface area contributed by atoms with Crippen molar-refractivity contribution in [3.05, 3.63) is 65.7 Å². The fourth-order valence-corrected chi connectivity index (χ4v) is 3.31. The molecule has 1 atom stereocenters. The number of hydrogen-bond donors (Lipinski definition) is 3. The highest BCUT2D eigenvalue weighted by molar-refractivity contribution is 5.95. The third-order valence-electron chi connectivity index (χ3n) is 4.63. The Kier molecular flexibility index (Phi) is 4.38. The van der Waals surface area contributed by atoms with Crippen molar-refractivity contribution in [2.75, 3.05) is 12.4 Å². The SMILES string of the molecule is COc1cc(/C=C/[C@H]2CC(=O)Nc3n[nH]c(-c4ccccc4)c32)ccc1O. The Balaban J connectivity index is 1.71. The van der Waals surface area contributed by atoms with Crippen molar-refractivity contribution in [1.82, 2.24) is 10.2 Å². The number of carbonyl (C=O) groups is 1.